The number of ether oxygens (including phenoxy) is 4. The van der Waals surface area contributed by atoms with E-state index >= 15 is 0 Å². The van der Waals surface area contributed by atoms with Crippen molar-refractivity contribution in [1.82, 2.24) is 9.97 Å². The molecule has 1 aliphatic rings. The number of carbonyl (C=O) groups is 1. The van der Waals surface area contributed by atoms with E-state index in [-0.39, 0.29) is 11.5 Å². The largest absolute Gasteiger partial charge is 0.488 e. The lowest BCUT2D eigenvalue weighted by Crippen LogP contribution is -2.39. The third-order valence-electron chi connectivity index (χ3n) is 7.79. The van der Waals surface area contributed by atoms with Gasteiger partial charge in [-0.2, -0.15) is 0 Å². The number of unbranched alkanes of at least 4 members (excludes halogenated alkanes) is 1. The number of piperidine rings is 1. The molecule has 1 aliphatic heterocycles. The number of para-hydroxylation sites is 1. The van der Waals surface area contributed by atoms with Crippen LogP contribution in [0, 0.1) is 12.3 Å². The van der Waals surface area contributed by atoms with Crippen LogP contribution in [-0.2, 0) is 14.3 Å². The summed E-state index contributed by atoms with van der Waals surface area (Å²) in [6.07, 6.45) is 6.27. The lowest BCUT2D eigenvalue weighted by Gasteiger charge is -2.40. The number of hydrogen-bond acceptors (Lipinski definition) is 8. The summed E-state index contributed by atoms with van der Waals surface area (Å²) in [7, 11) is 0. The number of halogens is 1. The maximum absolute atomic E-state index is 13.5. The highest BCUT2D eigenvalue weighted by Gasteiger charge is 2.35. The van der Waals surface area contributed by atoms with Crippen molar-refractivity contribution in [2.24, 2.45) is 5.41 Å². The standard InChI is InChI=1S/C35H46ClN3O5/c1-7-8-19-43-33(34(40)44-24(2)3)31-25(4)37-23-27(32(31)39-17-15-35(5,6)16-18-39)29-14-13-26(22-38-29)41-20-21-42-30-12-10-9-11-28(30)36/h9-14,22-24,33H,7-8,15-21H2,1-6H3/t33-/m0/s1. The van der Waals surface area contributed by atoms with Gasteiger partial charge in [0.25, 0.3) is 0 Å². The van der Waals surface area contributed by atoms with E-state index in [1.54, 1.807) is 12.3 Å². The van der Waals surface area contributed by atoms with E-state index in [9.17, 15) is 4.79 Å². The molecule has 0 bridgehead atoms. The first-order valence-corrected chi connectivity index (χ1v) is 16.0. The van der Waals surface area contributed by atoms with Crippen molar-refractivity contribution >= 4 is 23.3 Å². The summed E-state index contributed by atoms with van der Waals surface area (Å²) in [6, 6.07) is 11.2. The number of aryl methyl sites for hydroxylation is 1. The van der Waals surface area contributed by atoms with Crippen LogP contribution < -0.4 is 14.4 Å². The van der Waals surface area contributed by atoms with E-state index < -0.39 is 12.1 Å². The average molecular weight is 624 g/mol. The highest BCUT2D eigenvalue weighted by atomic mass is 35.5. The minimum atomic E-state index is -0.887. The molecule has 4 rings (SSSR count). The number of carbonyl (C=O) groups excluding carboxylic acids is 1. The van der Waals surface area contributed by atoms with E-state index in [4.69, 9.17) is 40.5 Å². The molecule has 0 N–H and O–H groups in total. The van der Waals surface area contributed by atoms with E-state index in [1.165, 1.54) is 0 Å². The Morgan fingerprint density at radius 1 is 1.00 bits per heavy atom. The van der Waals surface area contributed by atoms with Crippen LogP contribution in [0.15, 0.2) is 48.8 Å². The average Bonchev–Trinajstić information content (AvgIpc) is 2.99. The highest BCUT2D eigenvalue weighted by molar-refractivity contribution is 6.32. The molecule has 3 heterocycles. The number of benzene rings is 1. The van der Waals surface area contributed by atoms with Gasteiger partial charge in [-0.1, -0.05) is 50.9 Å². The molecule has 238 valence electrons. The SMILES string of the molecule is CCCCO[C@H](C(=O)OC(C)C)c1c(C)ncc(-c2ccc(OCCOc3ccccc3Cl)cn2)c1N1CCC(C)(C)CC1. The summed E-state index contributed by atoms with van der Waals surface area (Å²) >= 11 is 6.17. The fraction of sp³-hybridized carbons (Fsp3) is 0.514. The van der Waals surface area contributed by atoms with Crippen LogP contribution in [0.2, 0.25) is 5.02 Å². The van der Waals surface area contributed by atoms with Gasteiger partial charge in [-0.3, -0.25) is 9.97 Å². The molecule has 1 aromatic carbocycles. The molecule has 2 aromatic heterocycles. The Morgan fingerprint density at radius 3 is 2.39 bits per heavy atom. The van der Waals surface area contributed by atoms with Crippen molar-refractivity contribution in [2.45, 2.75) is 79.4 Å². The molecule has 1 saturated heterocycles. The number of anilines is 1. The number of esters is 1. The fourth-order valence-corrected chi connectivity index (χ4v) is 5.38. The second kappa shape index (κ2) is 15.6. The summed E-state index contributed by atoms with van der Waals surface area (Å²) in [5.74, 6) is 0.851. The van der Waals surface area contributed by atoms with Crippen LogP contribution in [0.25, 0.3) is 11.3 Å². The van der Waals surface area contributed by atoms with E-state index in [0.29, 0.717) is 36.3 Å². The van der Waals surface area contributed by atoms with E-state index in [0.717, 1.165) is 67.0 Å². The van der Waals surface area contributed by atoms with E-state index in [1.807, 2.05) is 57.3 Å². The molecule has 8 nitrogen and oxygen atoms in total. The van der Waals surface area contributed by atoms with E-state index in [2.05, 4.69) is 25.7 Å². The van der Waals surface area contributed by atoms with Gasteiger partial charge < -0.3 is 23.8 Å². The minimum Gasteiger partial charge on any atom is -0.488 e. The van der Waals surface area contributed by atoms with Gasteiger partial charge >= 0.3 is 5.97 Å². The number of aromatic nitrogens is 2. The summed E-state index contributed by atoms with van der Waals surface area (Å²) in [5.41, 5.74) is 4.27. The second-order valence-corrected chi connectivity index (χ2v) is 12.7. The maximum Gasteiger partial charge on any atom is 0.340 e. The lowest BCUT2D eigenvalue weighted by atomic mass is 9.82. The van der Waals surface area contributed by atoms with Crippen LogP contribution in [0.1, 0.15) is 77.7 Å². The van der Waals surface area contributed by atoms with Crippen LogP contribution >= 0.6 is 11.6 Å². The zero-order valence-electron chi connectivity index (χ0n) is 26.9. The van der Waals surface area contributed by atoms with Gasteiger partial charge in [0, 0.05) is 42.7 Å². The zero-order valence-corrected chi connectivity index (χ0v) is 27.7. The van der Waals surface area contributed by atoms with Crippen LogP contribution in [0.5, 0.6) is 11.5 Å². The quantitative estimate of drug-likeness (QED) is 0.132. The molecular weight excluding hydrogens is 578 g/mol. The highest BCUT2D eigenvalue weighted by Crippen LogP contribution is 2.42. The first-order valence-electron chi connectivity index (χ1n) is 15.6. The first kappa shape index (κ1) is 33.5. The number of rotatable bonds is 14. The molecule has 0 spiro atoms. The summed E-state index contributed by atoms with van der Waals surface area (Å²) in [4.78, 5) is 25.4. The predicted octanol–water partition coefficient (Wildman–Crippen LogP) is 8.00. The number of hydrogen-bond donors (Lipinski definition) is 0. The van der Waals surface area contributed by atoms with Crippen molar-refractivity contribution in [2.75, 3.05) is 37.8 Å². The molecule has 9 heteroatoms. The predicted molar refractivity (Wildman–Crippen MR) is 175 cm³/mol. The Morgan fingerprint density at radius 2 is 1.73 bits per heavy atom. The van der Waals surface area contributed by atoms with Gasteiger partial charge in [-0.05, 0) is 69.7 Å². The van der Waals surface area contributed by atoms with Crippen LogP contribution in [0.4, 0.5) is 5.69 Å². The topological polar surface area (TPSA) is 83.0 Å². The smallest absolute Gasteiger partial charge is 0.340 e. The van der Waals surface area contributed by atoms with Gasteiger partial charge in [-0.15, -0.1) is 0 Å². The Balaban J connectivity index is 1.64. The molecule has 3 aromatic rings. The molecule has 0 radical (unpaired) electrons. The van der Waals surface area contributed by atoms with Gasteiger partial charge in [0.05, 0.1) is 28.7 Å². The van der Waals surface area contributed by atoms with Gasteiger partial charge in [0.15, 0.2) is 6.10 Å². The Labute approximate surface area is 267 Å². The Hall–Kier alpha value is -3.36. The monoisotopic (exact) mass is 623 g/mol. The molecule has 1 fully saturated rings. The molecule has 44 heavy (non-hydrogen) atoms. The van der Waals surface area contributed by atoms with Crippen molar-refractivity contribution in [3.8, 4) is 22.8 Å². The lowest BCUT2D eigenvalue weighted by molar-refractivity contribution is -0.161. The van der Waals surface area contributed by atoms with Crippen molar-refractivity contribution in [3.05, 3.63) is 65.1 Å². The summed E-state index contributed by atoms with van der Waals surface area (Å²) < 4.78 is 23.6. The van der Waals surface area contributed by atoms with Crippen molar-refractivity contribution in [1.29, 1.82) is 0 Å². The minimum absolute atomic E-state index is 0.249. The van der Waals surface area contributed by atoms with Gasteiger partial charge in [0.2, 0.25) is 0 Å². The van der Waals surface area contributed by atoms with Gasteiger partial charge in [0.1, 0.15) is 24.7 Å². The molecule has 0 amide bonds. The molecule has 1 atom stereocenters. The Bertz CT molecular complexity index is 1370. The number of nitrogens with zero attached hydrogens (tertiary/aromatic N) is 3. The molecular formula is C35H46ClN3O5. The summed E-state index contributed by atoms with van der Waals surface area (Å²) in [6.45, 7) is 15.2. The van der Waals surface area contributed by atoms with Gasteiger partial charge in [-0.25, -0.2) is 4.79 Å². The van der Waals surface area contributed by atoms with Crippen molar-refractivity contribution < 1.29 is 23.7 Å². The molecule has 0 aliphatic carbocycles. The Kier molecular flexibility index (Phi) is 11.9. The number of pyridine rings is 2. The normalized spacial score (nSPS) is 15.2. The first-order chi connectivity index (χ1) is 21.1. The fourth-order valence-electron chi connectivity index (χ4n) is 5.19. The van der Waals surface area contributed by atoms with Crippen LogP contribution in [0.3, 0.4) is 0 Å². The molecule has 0 saturated carbocycles. The second-order valence-electron chi connectivity index (χ2n) is 12.3. The zero-order chi connectivity index (χ0) is 31.7. The van der Waals surface area contributed by atoms with Crippen LogP contribution in [-0.4, -0.2) is 55.0 Å². The summed E-state index contributed by atoms with van der Waals surface area (Å²) in [5, 5.41) is 0.563. The molecule has 0 unspecified atom stereocenters. The third kappa shape index (κ3) is 8.85. The van der Waals surface area contributed by atoms with Crippen molar-refractivity contribution in [3.63, 3.8) is 0 Å². The third-order valence-corrected chi connectivity index (χ3v) is 8.10. The maximum atomic E-state index is 13.5.